The number of nitrogens with two attached hydrogens (primary N) is 1. The van der Waals surface area contributed by atoms with Crippen LogP contribution in [0.3, 0.4) is 0 Å². The molecule has 0 saturated heterocycles. The number of nitrogens with zero attached hydrogens (tertiary/aromatic N) is 2. The molecule has 0 saturated carbocycles. The Morgan fingerprint density at radius 2 is 2.00 bits per heavy atom. The van der Waals surface area contributed by atoms with Crippen molar-refractivity contribution in [1.82, 2.24) is 10.1 Å². The Morgan fingerprint density at radius 3 is 2.63 bits per heavy atom. The van der Waals surface area contributed by atoms with Gasteiger partial charge in [0.05, 0.1) is 19.8 Å². The minimum atomic E-state index is -0.00115. The predicted molar refractivity (Wildman–Crippen MR) is 71.8 cm³/mol. The van der Waals surface area contributed by atoms with Gasteiger partial charge in [-0.3, -0.25) is 0 Å². The first kappa shape index (κ1) is 16.1. The van der Waals surface area contributed by atoms with Crippen LogP contribution in [0, 0.1) is 5.41 Å². The van der Waals surface area contributed by atoms with Crippen molar-refractivity contribution in [1.29, 1.82) is 0 Å². The van der Waals surface area contributed by atoms with Crippen LogP contribution in [0.15, 0.2) is 4.52 Å². The molecule has 110 valence electrons. The normalized spacial score (nSPS) is 13.7. The summed E-state index contributed by atoms with van der Waals surface area (Å²) in [6, 6.07) is -0.00115. The maximum absolute atomic E-state index is 6.08. The zero-order chi connectivity index (χ0) is 14.3. The van der Waals surface area contributed by atoms with Gasteiger partial charge >= 0.3 is 0 Å². The molecule has 0 spiro atoms. The minimum absolute atomic E-state index is 0.00115. The highest BCUT2D eigenvalue weighted by atomic mass is 16.5. The Hall–Kier alpha value is -0.980. The molecule has 1 unspecified atom stereocenters. The van der Waals surface area contributed by atoms with Crippen molar-refractivity contribution < 1.29 is 14.0 Å². The Morgan fingerprint density at radius 1 is 1.26 bits per heavy atom. The minimum Gasteiger partial charge on any atom is -0.382 e. The highest BCUT2D eigenvalue weighted by molar-refractivity contribution is 4.92. The maximum Gasteiger partial charge on any atom is 0.228 e. The van der Waals surface area contributed by atoms with Gasteiger partial charge in [0.1, 0.15) is 0 Å². The molecular formula is C13H25N3O3. The van der Waals surface area contributed by atoms with Crippen LogP contribution in [-0.4, -0.2) is 43.1 Å². The van der Waals surface area contributed by atoms with Gasteiger partial charge < -0.3 is 19.7 Å². The average molecular weight is 271 g/mol. The second-order valence-corrected chi connectivity index (χ2v) is 5.64. The number of methoxy groups -OCH3 is 1. The van der Waals surface area contributed by atoms with Crippen LogP contribution >= 0.6 is 0 Å². The Balaban J connectivity index is 2.32. The van der Waals surface area contributed by atoms with E-state index in [4.69, 9.17) is 19.7 Å². The molecule has 0 bridgehead atoms. The van der Waals surface area contributed by atoms with Gasteiger partial charge in [-0.05, 0) is 5.41 Å². The van der Waals surface area contributed by atoms with Crippen molar-refractivity contribution in [2.45, 2.75) is 39.7 Å². The van der Waals surface area contributed by atoms with E-state index in [1.165, 1.54) is 0 Å². The molecule has 0 radical (unpaired) electrons. The highest BCUT2D eigenvalue weighted by Crippen LogP contribution is 2.20. The lowest BCUT2D eigenvalue weighted by molar-refractivity contribution is 0.0714. The van der Waals surface area contributed by atoms with Gasteiger partial charge in [-0.15, -0.1) is 0 Å². The Labute approximate surface area is 114 Å². The van der Waals surface area contributed by atoms with E-state index in [9.17, 15) is 0 Å². The van der Waals surface area contributed by atoms with E-state index in [1.807, 2.05) is 0 Å². The second-order valence-electron chi connectivity index (χ2n) is 5.64. The van der Waals surface area contributed by atoms with Crippen LogP contribution in [0.2, 0.25) is 0 Å². The van der Waals surface area contributed by atoms with E-state index in [0.29, 0.717) is 44.4 Å². The van der Waals surface area contributed by atoms with Gasteiger partial charge in [0.25, 0.3) is 0 Å². The summed E-state index contributed by atoms with van der Waals surface area (Å²) in [6.45, 7) is 8.03. The Bertz CT molecular complexity index is 360. The number of ether oxygens (including phenoxy) is 2. The first-order chi connectivity index (χ1) is 8.93. The molecular weight excluding hydrogens is 246 g/mol. The molecule has 0 amide bonds. The van der Waals surface area contributed by atoms with Gasteiger partial charge in [0, 0.05) is 26.0 Å². The van der Waals surface area contributed by atoms with Gasteiger partial charge in [-0.25, -0.2) is 0 Å². The van der Waals surface area contributed by atoms with Gasteiger partial charge in [0.15, 0.2) is 5.82 Å². The summed E-state index contributed by atoms with van der Waals surface area (Å²) in [6.07, 6.45) is 1.24. The van der Waals surface area contributed by atoms with Crippen LogP contribution in [0.4, 0.5) is 0 Å². The van der Waals surface area contributed by atoms with Crippen LogP contribution in [0.1, 0.15) is 32.5 Å². The molecule has 19 heavy (non-hydrogen) atoms. The SMILES string of the molecule is COCCOCCc1noc(CC(N)C(C)(C)C)n1. The van der Waals surface area contributed by atoms with E-state index in [1.54, 1.807) is 7.11 Å². The standard InChI is InChI=1S/C13H25N3O3/c1-13(2,3)10(14)9-12-15-11(16-19-12)5-6-18-8-7-17-4/h10H,5-9,14H2,1-4H3. The maximum atomic E-state index is 6.08. The van der Waals surface area contributed by atoms with Crippen molar-refractivity contribution in [2.75, 3.05) is 26.9 Å². The molecule has 6 heteroatoms. The van der Waals surface area contributed by atoms with Crippen molar-refractivity contribution in [3.05, 3.63) is 11.7 Å². The molecule has 0 aliphatic rings. The fraction of sp³-hybridized carbons (Fsp3) is 0.846. The zero-order valence-electron chi connectivity index (χ0n) is 12.3. The van der Waals surface area contributed by atoms with Crippen LogP contribution in [-0.2, 0) is 22.3 Å². The third-order valence-electron chi connectivity index (χ3n) is 2.92. The van der Waals surface area contributed by atoms with E-state index in [2.05, 4.69) is 30.9 Å². The van der Waals surface area contributed by atoms with Gasteiger partial charge in [-0.1, -0.05) is 25.9 Å². The first-order valence-electron chi connectivity index (χ1n) is 6.57. The zero-order valence-corrected chi connectivity index (χ0v) is 12.3. The molecule has 0 aliphatic heterocycles. The molecule has 1 rings (SSSR count). The van der Waals surface area contributed by atoms with Crippen molar-refractivity contribution >= 4 is 0 Å². The average Bonchev–Trinajstić information content (AvgIpc) is 2.75. The van der Waals surface area contributed by atoms with Crippen LogP contribution in [0.25, 0.3) is 0 Å². The smallest absolute Gasteiger partial charge is 0.228 e. The van der Waals surface area contributed by atoms with E-state index in [0.717, 1.165) is 0 Å². The first-order valence-corrected chi connectivity index (χ1v) is 6.57. The summed E-state index contributed by atoms with van der Waals surface area (Å²) < 4.78 is 15.4. The summed E-state index contributed by atoms with van der Waals surface area (Å²) in [5, 5.41) is 3.92. The topological polar surface area (TPSA) is 83.4 Å². The number of rotatable bonds is 8. The van der Waals surface area contributed by atoms with E-state index in [-0.39, 0.29) is 11.5 Å². The summed E-state index contributed by atoms with van der Waals surface area (Å²) in [5.74, 6) is 1.25. The molecule has 0 fully saturated rings. The summed E-state index contributed by atoms with van der Waals surface area (Å²) in [5.41, 5.74) is 6.11. The van der Waals surface area contributed by atoms with Crippen LogP contribution < -0.4 is 5.73 Å². The fourth-order valence-electron chi connectivity index (χ4n) is 1.38. The number of hydrogen-bond donors (Lipinski definition) is 1. The van der Waals surface area contributed by atoms with E-state index < -0.39 is 0 Å². The van der Waals surface area contributed by atoms with Crippen LogP contribution in [0.5, 0.6) is 0 Å². The Kier molecular flexibility index (Phi) is 6.41. The third kappa shape index (κ3) is 6.13. The molecule has 1 aromatic rings. The molecule has 0 aromatic carbocycles. The lowest BCUT2D eigenvalue weighted by Crippen LogP contribution is -2.37. The monoisotopic (exact) mass is 271 g/mol. The molecule has 0 aliphatic carbocycles. The second kappa shape index (κ2) is 7.57. The lowest BCUT2D eigenvalue weighted by atomic mass is 9.85. The van der Waals surface area contributed by atoms with Crippen molar-refractivity contribution in [3.8, 4) is 0 Å². The molecule has 1 aromatic heterocycles. The van der Waals surface area contributed by atoms with Crippen molar-refractivity contribution in [3.63, 3.8) is 0 Å². The number of hydrogen-bond acceptors (Lipinski definition) is 6. The van der Waals surface area contributed by atoms with Gasteiger partial charge in [-0.2, -0.15) is 4.98 Å². The highest BCUT2D eigenvalue weighted by Gasteiger charge is 2.23. The molecule has 1 heterocycles. The number of aromatic nitrogens is 2. The lowest BCUT2D eigenvalue weighted by Gasteiger charge is -2.25. The molecule has 1 atom stereocenters. The third-order valence-corrected chi connectivity index (χ3v) is 2.92. The summed E-state index contributed by atoms with van der Waals surface area (Å²) >= 11 is 0. The summed E-state index contributed by atoms with van der Waals surface area (Å²) in [7, 11) is 1.65. The molecule has 6 nitrogen and oxygen atoms in total. The quantitative estimate of drug-likeness (QED) is 0.715. The molecule has 2 N–H and O–H groups in total. The van der Waals surface area contributed by atoms with Gasteiger partial charge in [0.2, 0.25) is 5.89 Å². The van der Waals surface area contributed by atoms with E-state index >= 15 is 0 Å². The predicted octanol–water partition coefficient (Wildman–Crippen LogP) is 1.19. The van der Waals surface area contributed by atoms with Crippen molar-refractivity contribution in [2.24, 2.45) is 11.1 Å². The fourth-order valence-corrected chi connectivity index (χ4v) is 1.38. The summed E-state index contributed by atoms with van der Waals surface area (Å²) in [4.78, 5) is 4.31. The largest absolute Gasteiger partial charge is 0.382 e.